The molecular formula is C22H30N4O2. The number of carbonyl (C=O) groups is 2. The average molecular weight is 383 g/mol. The minimum Gasteiger partial charge on any atom is -0.349 e. The molecule has 0 radical (unpaired) electrons. The number of benzene rings is 1. The van der Waals surface area contributed by atoms with Crippen LogP contribution in [0.15, 0.2) is 30.5 Å². The van der Waals surface area contributed by atoms with Gasteiger partial charge in [-0.2, -0.15) is 0 Å². The van der Waals surface area contributed by atoms with Crippen molar-refractivity contribution < 1.29 is 9.59 Å². The predicted octanol–water partition coefficient (Wildman–Crippen LogP) is 3.18. The van der Waals surface area contributed by atoms with E-state index < -0.39 is 0 Å². The van der Waals surface area contributed by atoms with Crippen molar-refractivity contribution in [3.63, 3.8) is 0 Å². The third kappa shape index (κ3) is 4.80. The first-order valence-corrected chi connectivity index (χ1v) is 9.92. The Labute approximate surface area is 166 Å². The number of imidazole rings is 1. The highest BCUT2D eigenvalue weighted by molar-refractivity contribution is 5.94. The van der Waals surface area contributed by atoms with Crippen LogP contribution in [-0.4, -0.2) is 39.8 Å². The van der Waals surface area contributed by atoms with Crippen molar-refractivity contribution in [1.82, 2.24) is 20.2 Å². The van der Waals surface area contributed by atoms with Crippen molar-refractivity contribution in [2.75, 3.05) is 13.1 Å². The van der Waals surface area contributed by atoms with E-state index in [1.54, 1.807) is 6.20 Å². The average Bonchev–Trinajstić information content (AvgIpc) is 3.10. The van der Waals surface area contributed by atoms with E-state index in [0.717, 1.165) is 11.5 Å². The van der Waals surface area contributed by atoms with Crippen LogP contribution in [0.25, 0.3) is 0 Å². The number of carbonyl (C=O) groups excluding carboxylic acids is 2. The Balaban J connectivity index is 1.50. The van der Waals surface area contributed by atoms with E-state index in [0.29, 0.717) is 38.0 Å². The number of piperidine rings is 1. The van der Waals surface area contributed by atoms with Gasteiger partial charge in [-0.15, -0.1) is 0 Å². The first-order valence-electron chi connectivity index (χ1n) is 9.92. The quantitative estimate of drug-likeness (QED) is 0.852. The van der Waals surface area contributed by atoms with Crippen LogP contribution in [0.4, 0.5) is 0 Å². The number of hydrogen-bond acceptors (Lipinski definition) is 3. The lowest BCUT2D eigenvalue weighted by atomic mass is 9.86. The number of hydrogen-bond donors (Lipinski definition) is 2. The van der Waals surface area contributed by atoms with Gasteiger partial charge in [-0.1, -0.05) is 32.9 Å². The van der Waals surface area contributed by atoms with Gasteiger partial charge in [0.15, 0.2) is 0 Å². The van der Waals surface area contributed by atoms with Gasteiger partial charge in [0.2, 0.25) is 5.91 Å². The lowest BCUT2D eigenvalue weighted by molar-refractivity contribution is -0.126. The zero-order valence-corrected chi connectivity index (χ0v) is 17.2. The molecular weight excluding hydrogens is 352 g/mol. The van der Waals surface area contributed by atoms with Crippen LogP contribution in [0, 0.1) is 12.8 Å². The van der Waals surface area contributed by atoms with Crippen LogP contribution < -0.4 is 5.32 Å². The molecule has 0 unspecified atom stereocenters. The molecule has 0 atom stereocenters. The van der Waals surface area contributed by atoms with Gasteiger partial charge in [0.1, 0.15) is 5.82 Å². The second-order valence-corrected chi connectivity index (χ2v) is 8.62. The van der Waals surface area contributed by atoms with Gasteiger partial charge in [0.05, 0.1) is 6.54 Å². The van der Waals surface area contributed by atoms with Crippen molar-refractivity contribution in [3.05, 3.63) is 53.1 Å². The fourth-order valence-corrected chi connectivity index (χ4v) is 3.51. The van der Waals surface area contributed by atoms with Crippen molar-refractivity contribution in [2.45, 2.75) is 52.5 Å². The summed E-state index contributed by atoms with van der Waals surface area (Å²) in [6.45, 7) is 10.0. The smallest absolute Gasteiger partial charge is 0.253 e. The summed E-state index contributed by atoms with van der Waals surface area (Å²) in [7, 11) is 0. The SMILES string of the molecule is Cc1cnc(CNC(=O)C2CCN(C(=O)c3ccc(C(C)(C)C)cc3)CC2)[nH]1. The Bertz CT molecular complexity index is 825. The van der Waals surface area contributed by atoms with E-state index in [-0.39, 0.29) is 23.1 Å². The fraction of sp³-hybridized carbons (Fsp3) is 0.500. The zero-order chi connectivity index (χ0) is 20.3. The zero-order valence-electron chi connectivity index (χ0n) is 17.2. The molecule has 28 heavy (non-hydrogen) atoms. The Morgan fingerprint density at radius 1 is 1.18 bits per heavy atom. The highest BCUT2D eigenvalue weighted by atomic mass is 16.2. The van der Waals surface area contributed by atoms with Crippen LogP contribution in [0.3, 0.4) is 0 Å². The number of amides is 2. The van der Waals surface area contributed by atoms with Gasteiger partial charge >= 0.3 is 0 Å². The van der Waals surface area contributed by atoms with Crippen molar-refractivity contribution in [2.24, 2.45) is 5.92 Å². The number of nitrogens with zero attached hydrogens (tertiary/aromatic N) is 2. The van der Waals surface area contributed by atoms with Gasteiger partial charge < -0.3 is 15.2 Å². The maximum Gasteiger partial charge on any atom is 0.253 e. The largest absolute Gasteiger partial charge is 0.349 e. The monoisotopic (exact) mass is 382 g/mol. The van der Waals surface area contributed by atoms with Crippen LogP contribution in [0.2, 0.25) is 0 Å². The van der Waals surface area contributed by atoms with E-state index in [4.69, 9.17) is 0 Å². The standard InChI is InChI=1S/C22H30N4O2/c1-15-13-23-19(25-15)14-24-20(27)16-9-11-26(12-10-16)21(28)17-5-7-18(8-6-17)22(2,3)4/h5-8,13,16H,9-12,14H2,1-4H3,(H,23,25)(H,24,27). The number of aromatic nitrogens is 2. The molecule has 2 amide bonds. The number of aromatic amines is 1. The molecule has 0 aliphatic carbocycles. The molecule has 1 saturated heterocycles. The summed E-state index contributed by atoms with van der Waals surface area (Å²) >= 11 is 0. The maximum atomic E-state index is 12.8. The molecule has 6 nitrogen and oxygen atoms in total. The Kier molecular flexibility index (Phi) is 5.87. The lowest BCUT2D eigenvalue weighted by Gasteiger charge is -2.31. The Hall–Kier alpha value is -2.63. The molecule has 1 aromatic carbocycles. The van der Waals surface area contributed by atoms with Crippen LogP contribution in [0.1, 0.15) is 61.1 Å². The van der Waals surface area contributed by atoms with E-state index >= 15 is 0 Å². The fourth-order valence-electron chi connectivity index (χ4n) is 3.51. The summed E-state index contributed by atoms with van der Waals surface area (Å²) < 4.78 is 0. The molecule has 2 heterocycles. The first kappa shape index (κ1) is 20.1. The summed E-state index contributed by atoms with van der Waals surface area (Å²) in [6, 6.07) is 7.88. The Morgan fingerprint density at radius 2 is 1.82 bits per heavy atom. The maximum absolute atomic E-state index is 12.8. The minimum absolute atomic E-state index is 0.0377. The third-order valence-corrected chi connectivity index (χ3v) is 5.34. The summed E-state index contributed by atoms with van der Waals surface area (Å²) in [5.41, 5.74) is 2.98. The number of rotatable bonds is 4. The van der Waals surface area contributed by atoms with Crippen molar-refractivity contribution in [1.29, 1.82) is 0 Å². The van der Waals surface area contributed by atoms with Crippen LogP contribution in [-0.2, 0) is 16.8 Å². The normalized spacial score (nSPS) is 15.5. The van der Waals surface area contributed by atoms with Crippen LogP contribution >= 0.6 is 0 Å². The summed E-state index contributed by atoms with van der Waals surface area (Å²) in [6.07, 6.45) is 3.13. The molecule has 0 saturated carbocycles. The van der Waals surface area contributed by atoms with Gasteiger partial charge in [0, 0.05) is 36.5 Å². The first-order chi connectivity index (χ1) is 13.2. The number of H-pyrrole nitrogens is 1. The highest BCUT2D eigenvalue weighted by Crippen LogP contribution is 2.24. The van der Waals surface area contributed by atoms with E-state index in [9.17, 15) is 9.59 Å². The third-order valence-electron chi connectivity index (χ3n) is 5.34. The van der Waals surface area contributed by atoms with Gasteiger partial charge in [0.25, 0.3) is 5.91 Å². The van der Waals surface area contributed by atoms with E-state index in [1.165, 1.54) is 5.56 Å². The minimum atomic E-state index is -0.0524. The molecule has 1 aliphatic heterocycles. The molecule has 1 aliphatic rings. The van der Waals surface area contributed by atoms with E-state index in [2.05, 4.69) is 36.1 Å². The number of likely N-dealkylation sites (tertiary alicyclic amines) is 1. The summed E-state index contributed by atoms with van der Waals surface area (Å²) in [4.78, 5) is 34.3. The highest BCUT2D eigenvalue weighted by Gasteiger charge is 2.28. The van der Waals surface area contributed by atoms with Crippen molar-refractivity contribution >= 4 is 11.8 Å². The molecule has 1 fully saturated rings. The molecule has 3 rings (SSSR count). The van der Waals surface area contributed by atoms with Gasteiger partial charge in [-0.25, -0.2) is 4.98 Å². The molecule has 2 aromatic rings. The molecule has 1 aromatic heterocycles. The van der Waals surface area contributed by atoms with Crippen LogP contribution in [0.5, 0.6) is 0 Å². The predicted molar refractivity (Wildman–Crippen MR) is 109 cm³/mol. The van der Waals surface area contributed by atoms with Gasteiger partial charge in [-0.05, 0) is 42.9 Å². The van der Waals surface area contributed by atoms with Crippen molar-refractivity contribution in [3.8, 4) is 0 Å². The molecule has 6 heteroatoms. The number of nitrogens with one attached hydrogen (secondary N) is 2. The summed E-state index contributed by atoms with van der Waals surface area (Å²) in [5.74, 6) is 0.793. The second kappa shape index (κ2) is 8.17. The topological polar surface area (TPSA) is 78.1 Å². The molecule has 0 bridgehead atoms. The lowest BCUT2D eigenvalue weighted by Crippen LogP contribution is -2.43. The molecule has 0 spiro atoms. The van der Waals surface area contributed by atoms with E-state index in [1.807, 2.05) is 36.1 Å². The second-order valence-electron chi connectivity index (χ2n) is 8.62. The Morgan fingerprint density at radius 3 is 2.36 bits per heavy atom. The van der Waals surface area contributed by atoms with Gasteiger partial charge in [-0.3, -0.25) is 9.59 Å². The number of aryl methyl sites for hydroxylation is 1. The molecule has 150 valence electrons. The molecule has 2 N–H and O–H groups in total. The summed E-state index contributed by atoms with van der Waals surface area (Å²) in [5, 5.41) is 2.94.